The first-order chi connectivity index (χ1) is 26.1. The fourth-order valence-corrected chi connectivity index (χ4v) is 6.24. The molecule has 2 fully saturated rings. The SMILES string of the molecule is COc1cc(C2=C(OC3OC(COC4OC(C)C(OC(=O)C=Cc5ccc(O)cc5)C(O)C4O)C(O)C(O)C3O)C=C3C(O)=CC(O)=CC3[OH+]2)cc(O)c1O. The second-order valence-electron chi connectivity index (χ2n) is 13.0. The van der Waals surface area contributed by atoms with Gasteiger partial charge in [0.2, 0.25) is 23.9 Å². The van der Waals surface area contributed by atoms with Crippen LogP contribution in [0.4, 0.5) is 0 Å². The van der Waals surface area contributed by atoms with Crippen molar-refractivity contribution >= 4 is 17.8 Å². The molecule has 4 aliphatic rings. The molecule has 11 N–H and O–H groups in total. The summed E-state index contributed by atoms with van der Waals surface area (Å²) in [6.07, 6.45) is -10.7. The minimum Gasteiger partial charge on any atom is -0.571 e. The van der Waals surface area contributed by atoms with Crippen molar-refractivity contribution < 1.29 is 89.0 Å². The summed E-state index contributed by atoms with van der Waals surface area (Å²) in [7, 11) is 1.25. The molecule has 0 spiro atoms. The monoisotopic (exact) mass is 773 g/mol. The van der Waals surface area contributed by atoms with Gasteiger partial charge in [0.05, 0.1) is 37.0 Å². The Labute approximate surface area is 312 Å². The van der Waals surface area contributed by atoms with Gasteiger partial charge in [0.15, 0.2) is 23.9 Å². The summed E-state index contributed by atoms with van der Waals surface area (Å²) in [5.41, 5.74) is 0.868. The smallest absolute Gasteiger partial charge is 0.331 e. The van der Waals surface area contributed by atoms with Crippen molar-refractivity contribution in [3.8, 4) is 23.0 Å². The number of benzene rings is 2. The first-order valence-corrected chi connectivity index (χ1v) is 16.9. The van der Waals surface area contributed by atoms with Gasteiger partial charge in [0.1, 0.15) is 53.9 Å². The molecule has 11 atom stereocenters. The summed E-state index contributed by atoms with van der Waals surface area (Å²) in [4.78, 5) is 12.5. The number of rotatable bonds is 10. The molecule has 2 saturated heterocycles. The van der Waals surface area contributed by atoms with E-state index in [4.69, 9.17) is 28.4 Å². The highest BCUT2D eigenvalue weighted by molar-refractivity contribution is 5.87. The molecule has 2 aromatic rings. The van der Waals surface area contributed by atoms with E-state index in [0.717, 1.165) is 18.2 Å². The van der Waals surface area contributed by atoms with Gasteiger partial charge in [-0.2, -0.15) is 0 Å². The fourth-order valence-electron chi connectivity index (χ4n) is 6.24. The molecule has 296 valence electrons. The molecule has 0 radical (unpaired) electrons. The van der Waals surface area contributed by atoms with Crippen LogP contribution in [-0.2, 0) is 28.5 Å². The fraction of sp³-hybridized carbons (Fsp3) is 0.378. The van der Waals surface area contributed by atoms with Crippen molar-refractivity contribution in [2.45, 2.75) is 74.4 Å². The normalized spacial score (nSPS) is 32.1. The zero-order chi connectivity index (χ0) is 39.7. The molecule has 2 aromatic carbocycles. The number of aliphatic hydroxyl groups is 9. The quantitative estimate of drug-likeness (QED) is 0.0665. The van der Waals surface area contributed by atoms with Crippen LogP contribution in [0.3, 0.4) is 0 Å². The highest BCUT2D eigenvalue weighted by atomic mass is 16.7. The molecular formula is C37H41O18+. The van der Waals surface area contributed by atoms with Crippen LogP contribution < -0.4 is 4.74 Å². The molecule has 1 aliphatic carbocycles. The van der Waals surface area contributed by atoms with Gasteiger partial charge in [-0.15, -0.1) is 0 Å². The van der Waals surface area contributed by atoms with Crippen LogP contribution in [0.1, 0.15) is 18.1 Å². The van der Waals surface area contributed by atoms with Crippen LogP contribution in [0.25, 0.3) is 11.8 Å². The number of hydrogen-bond acceptors (Lipinski definition) is 17. The van der Waals surface area contributed by atoms with E-state index in [-0.39, 0.29) is 45.7 Å². The first kappa shape index (κ1) is 39.4. The third-order valence-corrected chi connectivity index (χ3v) is 9.23. The maximum Gasteiger partial charge on any atom is 0.331 e. The summed E-state index contributed by atoms with van der Waals surface area (Å²) >= 11 is 0. The Bertz CT molecular complexity index is 1900. The number of aliphatic hydroxyl groups excluding tert-OH is 7. The van der Waals surface area contributed by atoms with Crippen LogP contribution in [0.15, 0.2) is 83.6 Å². The number of allylic oxidation sites excluding steroid dienone is 2. The molecule has 6 rings (SSSR count). The number of fused-ring (bicyclic) bond motifs is 1. The second kappa shape index (κ2) is 16.2. The average Bonchev–Trinajstić information content (AvgIpc) is 3.15. The number of aromatic hydroxyl groups is 3. The molecule has 18 nitrogen and oxygen atoms in total. The summed E-state index contributed by atoms with van der Waals surface area (Å²) in [5, 5.41) is 105. The van der Waals surface area contributed by atoms with Gasteiger partial charge in [0.25, 0.3) is 0 Å². The summed E-state index contributed by atoms with van der Waals surface area (Å²) in [5.74, 6) is -2.95. The summed E-state index contributed by atoms with van der Waals surface area (Å²) in [6.45, 7) is 0.865. The van der Waals surface area contributed by atoms with Crippen LogP contribution in [0.5, 0.6) is 23.0 Å². The van der Waals surface area contributed by atoms with Crippen molar-refractivity contribution in [3.63, 3.8) is 0 Å². The molecule has 18 heteroatoms. The van der Waals surface area contributed by atoms with Crippen LogP contribution in [0.2, 0.25) is 0 Å². The Kier molecular flexibility index (Phi) is 11.6. The zero-order valence-corrected chi connectivity index (χ0v) is 29.2. The number of ether oxygens (including phenoxy) is 7. The maximum atomic E-state index is 12.5. The predicted octanol–water partition coefficient (Wildman–Crippen LogP) is 0.147. The molecule has 3 heterocycles. The van der Waals surface area contributed by atoms with E-state index in [1.807, 2.05) is 0 Å². The van der Waals surface area contributed by atoms with Gasteiger partial charge in [-0.1, -0.05) is 12.1 Å². The third kappa shape index (κ3) is 8.36. The lowest BCUT2D eigenvalue weighted by Crippen LogP contribution is -2.61. The molecule has 3 aliphatic heterocycles. The highest BCUT2D eigenvalue weighted by Crippen LogP contribution is 2.42. The average molecular weight is 774 g/mol. The predicted molar refractivity (Wildman–Crippen MR) is 186 cm³/mol. The van der Waals surface area contributed by atoms with Crippen molar-refractivity contribution in [3.05, 3.63) is 94.7 Å². The number of phenols is 3. The molecule has 0 bridgehead atoms. The number of hydrogen-bond donors (Lipinski definition) is 10. The van der Waals surface area contributed by atoms with Crippen molar-refractivity contribution in [2.24, 2.45) is 0 Å². The lowest BCUT2D eigenvalue weighted by molar-refractivity contribution is -0.324. The van der Waals surface area contributed by atoms with E-state index in [9.17, 15) is 55.9 Å². The van der Waals surface area contributed by atoms with Gasteiger partial charge in [-0.05, 0) is 30.7 Å². The zero-order valence-electron chi connectivity index (χ0n) is 29.2. The largest absolute Gasteiger partial charge is 0.571 e. The topological polar surface area (TPSA) is 288 Å². The van der Waals surface area contributed by atoms with Crippen LogP contribution >= 0.6 is 0 Å². The number of phenolic OH excluding ortho intramolecular Hbond substituents is 3. The molecule has 0 amide bonds. The van der Waals surface area contributed by atoms with E-state index in [1.165, 1.54) is 50.5 Å². The minimum atomic E-state index is -1.88. The van der Waals surface area contributed by atoms with E-state index < -0.39 is 91.6 Å². The van der Waals surface area contributed by atoms with E-state index >= 15 is 0 Å². The van der Waals surface area contributed by atoms with E-state index in [2.05, 4.69) is 4.74 Å². The van der Waals surface area contributed by atoms with E-state index in [0.29, 0.717) is 5.56 Å². The molecule has 0 aromatic heterocycles. The van der Waals surface area contributed by atoms with Gasteiger partial charge in [-0.3, -0.25) is 0 Å². The molecule has 0 saturated carbocycles. The maximum absolute atomic E-state index is 12.5. The highest BCUT2D eigenvalue weighted by Gasteiger charge is 2.49. The lowest BCUT2D eigenvalue weighted by atomic mass is 9.96. The van der Waals surface area contributed by atoms with Gasteiger partial charge in [-0.25, -0.2) is 4.79 Å². The minimum absolute atomic E-state index is 0.0295. The number of esters is 1. The van der Waals surface area contributed by atoms with Crippen molar-refractivity contribution in [2.75, 3.05) is 13.7 Å². The van der Waals surface area contributed by atoms with Gasteiger partial charge in [0, 0.05) is 30.4 Å². The molecule has 55 heavy (non-hydrogen) atoms. The molecular weight excluding hydrogens is 732 g/mol. The third-order valence-electron chi connectivity index (χ3n) is 9.23. The summed E-state index contributed by atoms with van der Waals surface area (Å²) in [6, 6.07) is 8.44. The number of carbonyl (C=O) groups excluding carboxylic acids is 1. The van der Waals surface area contributed by atoms with Gasteiger partial charge < -0.3 is 84.2 Å². The van der Waals surface area contributed by atoms with E-state index in [1.54, 1.807) is 12.1 Å². The van der Waals surface area contributed by atoms with Crippen molar-refractivity contribution in [1.82, 2.24) is 0 Å². The molecule has 11 unspecified atom stereocenters. The Morgan fingerprint density at radius 2 is 1.58 bits per heavy atom. The Balaban J connectivity index is 1.16. The second-order valence-corrected chi connectivity index (χ2v) is 13.0. The number of carbonyl (C=O) groups is 1. The number of methoxy groups -OCH3 is 1. The van der Waals surface area contributed by atoms with Gasteiger partial charge >= 0.3 is 11.7 Å². The standard InChI is InChI=1S/C37H40O18/c1-15-34(55-27(42)8-5-16-3-6-18(38)7-4-16)31(46)33(48)36(51-15)50-14-26-29(44)30(45)32(47)37(54-26)53-25-13-20-21(40)11-19(39)12-23(20)52-35(25)17-9-22(41)28(43)24(10-17)49-2/h3-13,15,23,26,29-34,36-41,43-48H,14H2,1-2H3/p+1. The lowest BCUT2D eigenvalue weighted by Gasteiger charge is -2.43. The van der Waals surface area contributed by atoms with Crippen LogP contribution in [-0.4, -0.2) is 143 Å². The Morgan fingerprint density at radius 3 is 2.29 bits per heavy atom. The van der Waals surface area contributed by atoms with Crippen LogP contribution in [0, 0.1) is 0 Å². The Hall–Kier alpha value is -5.31. The van der Waals surface area contributed by atoms with Crippen molar-refractivity contribution in [1.29, 1.82) is 0 Å². The summed E-state index contributed by atoms with van der Waals surface area (Å²) < 4.78 is 38.1. The first-order valence-electron chi connectivity index (χ1n) is 16.9. The Morgan fingerprint density at radius 1 is 0.873 bits per heavy atom.